The van der Waals surface area contributed by atoms with Crippen LogP contribution in [-0.2, 0) is 23.7 Å². The molecule has 402 valence electrons. The highest BCUT2D eigenvalue weighted by molar-refractivity contribution is 5.76. The van der Waals surface area contributed by atoms with E-state index < -0.39 is 86.8 Å². The number of hydrogen-bond acceptors (Lipinski definition) is 13. The van der Waals surface area contributed by atoms with Crippen LogP contribution in [0.2, 0.25) is 0 Å². The first-order valence-corrected chi connectivity index (χ1v) is 26.8. The minimum absolute atomic E-state index is 0.249. The third-order valence-electron chi connectivity index (χ3n) is 12.5. The highest BCUT2D eigenvalue weighted by atomic mass is 16.7. The number of ether oxygens (including phenoxy) is 4. The summed E-state index contributed by atoms with van der Waals surface area (Å²) in [6, 6.07) is -0.950. The molecule has 0 saturated carbocycles. The molecule has 0 spiro atoms. The van der Waals surface area contributed by atoms with Crippen LogP contribution >= 0.6 is 0 Å². The largest absolute Gasteiger partial charge is 0.394 e. The maximum absolute atomic E-state index is 13.2. The van der Waals surface area contributed by atoms with Gasteiger partial charge in [-0.05, 0) is 83.5 Å². The third-order valence-corrected chi connectivity index (χ3v) is 12.5. The molecule has 0 aliphatic carbocycles. The molecule has 2 fully saturated rings. The summed E-state index contributed by atoms with van der Waals surface area (Å²) in [7, 11) is 0. The first kappa shape index (κ1) is 63.3. The number of rotatable bonds is 40. The molecule has 12 unspecified atom stereocenters. The Hall–Kier alpha value is -2.83. The molecule has 0 bridgehead atoms. The van der Waals surface area contributed by atoms with Gasteiger partial charge in [0, 0.05) is 6.42 Å². The van der Waals surface area contributed by atoms with Crippen molar-refractivity contribution < 1.29 is 64.6 Å². The van der Waals surface area contributed by atoms with E-state index in [9.17, 15) is 45.6 Å². The van der Waals surface area contributed by atoms with Gasteiger partial charge in [-0.2, -0.15) is 0 Å². The standard InChI is InChI=1S/C56H95NO13/c1-3-5-7-9-11-13-15-17-19-21-22-24-26-28-30-32-34-36-38-40-48(61)57-44(45(60)39-37-35-33-31-29-27-25-23-20-18-16-14-12-10-8-6-4-2)43-67-55-53(66)51(64)54(47(42-59)69-55)70-56-52(65)50(63)49(62)46(41-58)68-56/h5,7,11,13,17,19-20,22-24,29,31,37,39,44-47,49-56,58-60,62-66H,3-4,6,8-10,12,14-16,18,21,25-28,30,32-36,38,40-43H2,1-2H3,(H,57,61)/b7-5-,13-11-,19-17-,23-20+,24-22-,31-29+,39-37+. The number of nitrogens with one attached hydrogen (secondary N) is 1. The lowest BCUT2D eigenvalue weighted by Gasteiger charge is -2.46. The van der Waals surface area contributed by atoms with Crippen LogP contribution in [0.3, 0.4) is 0 Å². The number of aliphatic hydroxyl groups is 8. The van der Waals surface area contributed by atoms with Crippen LogP contribution in [-0.4, -0.2) is 140 Å². The highest BCUT2D eigenvalue weighted by Gasteiger charge is 2.51. The van der Waals surface area contributed by atoms with E-state index in [1.807, 2.05) is 6.08 Å². The molecular weight excluding hydrogens is 895 g/mol. The van der Waals surface area contributed by atoms with Gasteiger partial charge < -0.3 is 65.1 Å². The van der Waals surface area contributed by atoms with Crippen molar-refractivity contribution in [3.05, 3.63) is 85.1 Å². The lowest BCUT2D eigenvalue weighted by molar-refractivity contribution is -0.359. The summed E-state index contributed by atoms with van der Waals surface area (Å²) in [4.78, 5) is 13.2. The number of aliphatic hydroxyl groups excluding tert-OH is 8. The Balaban J connectivity index is 1.86. The van der Waals surface area contributed by atoms with Crippen molar-refractivity contribution in [2.24, 2.45) is 0 Å². The van der Waals surface area contributed by atoms with Gasteiger partial charge in [0.2, 0.25) is 5.91 Å². The Bertz CT molecular complexity index is 1500. The number of carbonyl (C=O) groups excluding carboxylic acids is 1. The maximum Gasteiger partial charge on any atom is 0.220 e. The zero-order chi connectivity index (χ0) is 51.0. The first-order valence-electron chi connectivity index (χ1n) is 26.8. The van der Waals surface area contributed by atoms with Gasteiger partial charge in [-0.1, -0.05) is 163 Å². The van der Waals surface area contributed by atoms with E-state index >= 15 is 0 Å². The summed E-state index contributed by atoms with van der Waals surface area (Å²) < 4.78 is 22.7. The van der Waals surface area contributed by atoms with Crippen molar-refractivity contribution in [3.63, 3.8) is 0 Å². The second kappa shape index (κ2) is 41.6. The Kier molecular flexibility index (Phi) is 37.6. The van der Waals surface area contributed by atoms with Crippen molar-refractivity contribution in [1.29, 1.82) is 0 Å². The van der Waals surface area contributed by atoms with Crippen LogP contribution < -0.4 is 5.32 Å². The molecule has 12 atom stereocenters. The monoisotopic (exact) mass is 990 g/mol. The fraction of sp³-hybridized carbons (Fsp3) is 0.732. The van der Waals surface area contributed by atoms with Crippen LogP contribution in [0.4, 0.5) is 0 Å². The maximum atomic E-state index is 13.2. The molecule has 14 nitrogen and oxygen atoms in total. The number of carbonyl (C=O) groups is 1. The molecule has 2 aliphatic heterocycles. The van der Waals surface area contributed by atoms with Crippen LogP contribution in [0.1, 0.15) is 168 Å². The summed E-state index contributed by atoms with van der Waals surface area (Å²) in [6.45, 7) is 2.61. The van der Waals surface area contributed by atoms with Crippen molar-refractivity contribution in [1.82, 2.24) is 5.32 Å². The SMILES string of the molecule is CC/C=C\C/C=C\C/C=C\C/C=C\CCCCCCCCC(=O)NC(COC1OC(CO)C(OC2OC(CO)C(O)C(O)C2O)C(O)C1O)C(O)/C=C/CC/C=C/CC/C=C/CCCCCCCCC. The van der Waals surface area contributed by atoms with Gasteiger partial charge in [-0.25, -0.2) is 0 Å². The van der Waals surface area contributed by atoms with E-state index in [0.717, 1.165) is 89.9 Å². The Morgan fingerprint density at radius 1 is 0.529 bits per heavy atom. The van der Waals surface area contributed by atoms with Gasteiger partial charge >= 0.3 is 0 Å². The van der Waals surface area contributed by atoms with Crippen LogP contribution in [0.5, 0.6) is 0 Å². The lowest BCUT2D eigenvalue weighted by atomic mass is 9.97. The summed E-state index contributed by atoms with van der Waals surface area (Å²) in [5.74, 6) is -0.272. The van der Waals surface area contributed by atoms with Gasteiger partial charge in [0.15, 0.2) is 12.6 Å². The molecule has 0 radical (unpaired) electrons. The van der Waals surface area contributed by atoms with Crippen molar-refractivity contribution >= 4 is 5.91 Å². The average Bonchev–Trinajstić information content (AvgIpc) is 3.36. The van der Waals surface area contributed by atoms with E-state index in [1.54, 1.807) is 6.08 Å². The van der Waals surface area contributed by atoms with E-state index in [2.05, 4.69) is 92.1 Å². The molecule has 14 heteroatoms. The van der Waals surface area contributed by atoms with Gasteiger partial charge in [0.25, 0.3) is 0 Å². The Morgan fingerprint density at radius 2 is 1.00 bits per heavy atom. The minimum Gasteiger partial charge on any atom is -0.394 e. The van der Waals surface area contributed by atoms with E-state index in [0.29, 0.717) is 12.8 Å². The molecular formula is C56H95NO13. The zero-order valence-corrected chi connectivity index (χ0v) is 42.7. The number of amides is 1. The van der Waals surface area contributed by atoms with E-state index in [4.69, 9.17) is 18.9 Å². The summed E-state index contributed by atoms with van der Waals surface area (Å²) >= 11 is 0. The summed E-state index contributed by atoms with van der Waals surface area (Å²) in [5, 5.41) is 86.8. The number of hydrogen-bond donors (Lipinski definition) is 9. The van der Waals surface area contributed by atoms with Crippen molar-refractivity contribution in [2.75, 3.05) is 19.8 Å². The fourth-order valence-electron chi connectivity index (χ4n) is 8.19. The van der Waals surface area contributed by atoms with Crippen LogP contribution in [0.25, 0.3) is 0 Å². The number of allylic oxidation sites excluding steroid dienone is 13. The lowest BCUT2D eigenvalue weighted by Crippen LogP contribution is -2.65. The smallest absolute Gasteiger partial charge is 0.220 e. The predicted molar refractivity (Wildman–Crippen MR) is 276 cm³/mol. The van der Waals surface area contributed by atoms with Gasteiger partial charge in [0.05, 0.1) is 32.0 Å². The predicted octanol–water partition coefficient (Wildman–Crippen LogP) is 7.77. The van der Waals surface area contributed by atoms with Gasteiger partial charge in [-0.15, -0.1) is 0 Å². The molecule has 1 amide bonds. The van der Waals surface area contributed by atoms with Crippen molar-refractivity contribution in [2.45, 2.75) is 242 Å². The molecule has 0 aromatic heterocycles. The first-order chi connectivity index (χ1) is 34.1. The topological polar surface area (TPSA) is 228 Å². The molecule has 2 rings (SSSR count). The second-order valence-electron chi connectivity index (χ2n) is 18.6. The highest BCUT2D eigenvalue weighted by Crippen LogP contribution is 2.30. The fourth-order valence-corrected chi connectivity index (χ4v) is 8.19. The molecule has 0 aromatic rings. The summed E-state index contributed by atoms with van der Waals surface area (Å²) in [5.41, 5.74) is 0. The summed E-state index contributed by atoms with van der Waals surface area (Å²) in [6.07, 6.45) is 37.6. The molecule has 2 saturated heterocycles. The van der Waals surface area contributed by atoms with Crippen LogP contribution in [0.15, 0.2) is 85.1 Å². The molecule has 70 heavy (non-hydrogen) atoms. The van der Waals surface area contributed by atoms with Crippen molar-refractivity contribution in [3.8, 4) is 0 Å². The molecule has 9 N–H and O–H groups in total. The molecule has 0 aromatic carbocycles. The Labute approximate surface area is 420 Å². The molecule has 2 heterocycles. The third kappa shape index (κ3) is 27.8. The van der Waals surface area contributed by atoms with E-state index in [-0.39, 0.29) is 18.9 Å². The normalized spacial score (nSPS) is 26.7. The average molecular weight is 990 g/mol. The Morgan fingerprint density at radius 3 is 1.57 bits per heavy atom. The quantitative estimate of drug-likeness (QED) is 0.0212. The van der Waals surface area contributed by atoms with E-state index in [1.165, 1.54) is 44.9 Å². The van der Waals surface area contributed by atoms with Gasteiger partial charge in [-0.3, -0.25) is 4.79 Å². The number of unbranched alkanes of at least 4 members (excludes halogenated alkanes) is 15. The minimum atomic E-state index is -1.80. The van der Waals surface area contributed by atoms with Crippen LogP contribution in [0, 0.1) is 0 Å². The molecule has 2 aliphatic rings. The van der Waals surface area contributed by atoms with Gasteiger partial charge in [0.1, 0.15) is 48.8 Å². The zero-order valence-electron chi connectivity index (χ0n) is 42.7. The second-order valence-corrected chi connectivity index (χ2v) is 18.6.